The smallest absolute Gasteiger partial charge is 0.132 e. The summed E-state index contributed by atoms with van der Waals surface area (Å²) in [6, 6.07) is 6.06. The van der Waals surface area contributed by atoms with Crippen molar-refractivity contribution in [1.29, 1.82) is 0 Å². The van der Waals surface area contributed by atoms with E-state index in [1.807, 2.05) is 12.1 Å². The van der Waals surface area contributed by atoms with Crippen molar-refractivity contribution in [1.82, 2.24) is 20.3 Å². The van der Waals surface area contributed by atoms with Gasteiger partial charge in [-0.05, 0) is 12.1 Å². The summed E-state index contributed by atoms with van der Waals surface area (Å²) in [6.07, 6.45) is 4.44. The first kappa shape index (κ1) is 13.0. The first-order valence-corrected chi connectivity index (χ1v) is 7.11. The van der Waals surface area contributed by atoms with Crippen LogP contribution in [0, 0.1) is 0 Å². The minimum atomic E-state index is 0.845. The maximum Gasteiger partial charge on any atom is 0.132 e. The van der Waals surface area contributed by atoms with Crippen LogP contribution in [0.4, 0.5) is 5.82 Å². The lowest BCUT2D eigenvalue weighted by molar-refractivity contribution is 0.583. The van der Waals surface area contributed by atoms with Gasteiger partial charge in [0, 0.05) is 56.6 Å². The second-order valence-electron chi connectivity index (χ2n) is 4.85. The van der Waals surface area contributed by atoms with Crippen molar-refractivity contribution in [3.05, 3.63) is 36.4 Å². The molecule has 0 atom stereocenters. The Morgan fingerprint density at radius 2 is 1.90 bits per heavy atom. The van der Waals surface area contributed by atoms with Gasteiger partial charge in [0.25, 0.3) is 0 Å². The van der Waals surface area contributed by atoms with Crippen molar-refractivity contribution in [2.75, 3.05) is 31.1 Å². The number of hydrogen-bond acceptors (Lipinski definition) is 5. The molecule has 1 saturated heterocycles. The van der Waals surface area contributed by atoms with Crippen molar-refractivity contribution in [2.24, 2.45) is 0 Å². The highest BCUT2D eigenvalue weighted by atomic mass is 15.2. The summed E-state index contributed by atoms with van der Waals surface area (Å²) in [5, 5.41) is 3.37. The molecule has 3 heterocycles. The molecular weight excluding hydrogens is 250 g/mol. The van der Waals surface area contributed by atoms with Gasteiger partial charge < -0.3 is 10.2 Å². The standard InChI is InChI=1S/C15H19N5/c1-2-14-18-13(12-3-5-16-6-4-12)11-15(19-14)20-9-7-17-8-10-20/h3-6,11,17H,2,7-10H2,1H3. The molecule has 1 aliphatic rings. The van der Waals surface area contributed by atoms with E-state index in [9.17, 15) is 0 Å². The van der Waals surface area contributed by atoms with E-state index in [1.165, 1.54) is 0 Å². The average molecular weight is 269 g/mol. The fraction of sp³-hybridized carbons (Fsp3) is 0.400. The van der Waals surface area contributed by atoms with Gasteiger partial charge in [0.05, 0.1) is 5.69 Å². The van der Waals surface area contributed by atoms with Gasteiger partial charge in [-0.3, -0.25) is 4.98 Å². The van der Waals surface area contributed by atoms with Gasteiger partial charge in [-0.15, -0.1) is 0 Å². The van der Waals surface area contributed by atoms with Crippen molar-refractivity contribution >= 4 is 5.82 Å². The molecule has 20 heavy (non-hydrogen) atoms. The fourth-order valence-corrected chi connectivity index (χ4v) is 2.37. The third-order valence-electron chi connectivity index (χ3n) is 3.49. The number of aryl methyl sites for hydroxylation is 1. The molecule has 2 aromatic heterocycles. The molecule has 0 radical (unpaired) electrons. The molecule has 1 aliphatic heterocycles. The number of rotatable bonds is 3. The zero-order chi connectivity index (χ0) is 13.8. The van der Waals surface area contributed by atoms with Gasteiger partial charge in [0.1, 0.15) is 11.6 Å². The minimum absolute atomic E-state index is 0.845. The molecule has 0 amide bonds. The van der Waals surface area contributed by atoms with Gasteiger partial charge >= 0.3 is 0 Å². The molecule has 104 valence electrons. The number of piperazine rings is 1. The molecule has 0 saturated carbocycles. The van der Waals surface area contributed by atoms with Crippen molar-refractivity contribution < 1.29 is 0 Å². The predicted molar refractivity (Wildman–Crippen MR) is 79.7 cm³/mol. The molecule has 0 bridgehead atoms. The van der Waals surface area contributed by atoms with Crippen LogP contribution in [0.1, 0.15) is 12.7 Å². The van der Waals surface area contributed by atoms with Crippen molar-refractivity contribution in [2.45, 2.75) is 13.3 Å². The van der Waals surface area contributed by atoms with E-state index in [0.29, 0.717) is 0 Å². The summed E-state index contributed by atoms with van der Waals surface area (Å²) in [5.74, 6) is 1.93. The zero-order valence-corrected chi connectivity index (χ0v) is 11.7. The van der Waals surface area contributed by atoms with E-state index < -0.39 is 0 Å². The summed E-state index contributed by atoms with van der Waals surface area (Å²) in [5.41, 5.74) is 2.07. The quantitative estimate of drug-likeness (QED) is 0.915. The second kappa shape index (κ2) is 5.96. The van der Waals surface area contributed by atoms with Crippen LogP contribution in [0.5, 0.6) is 0 Å². The maximum absolute atomic E-state index is 4.67. The first-order valence-electron chi connectivity index (χ1n) is 7.11. The summed E-state index contributed by atoms with van der Waals surface area (Å²) in [6.45, 7) is 6.10. The highest BCUT2D eigenvalue weighted by Gasteiger charge is 2.14. The molecule has 5 nitrogen and oxygen atoms in total. The van der Waals surface area contributed by atoms with Crippen LogP contribution in [-0.2, 0) is 6.42 Å². The molecule has 5 heteroatoms. The number of nitrogens with zero attached hydrogens (tertiary/aromatic N) is 4. The molecule has 0 aromatic carbocycles. The van der Waals surface area contributed by atoms with Crippen molar-refractivity contribution in [3.8, 4) is 11.3 Å². The summed E-state index contributed by atoms with van der Waals surface area (Å²) in [7, 11) is 0. The van der Waals surface area contributed by atoms with Gasteiger partial charge in [0.15, 0.2) is 0 Å². The molecular formula is C15H19N5. The highest BCUT2D eigenvalue weighted by molar-refractivity contribution is 5.62. The lowest BCUT2D eigenvalue weighted by Gasteiger charge is -2.28. The Bertz CT molecular complexity index is 564. The summed E-state index contributed by atoms with van der Waals surface area (Å²) in [4.78, 5) is 15.7. The van der Waals surface area contributed by atoms with E-state index in [0.717, 1.165) is 55.5 Å². The predicted octanol–water partition coefficient (Wildman–Crippen LogP) is 1.51. The fourth-order valence-electron chi connectivity index (χ4n) is 2.37. The largest absolute Gasteiger partial charge is 0.354 e. The number of anilines is 1. The van der Waals surface area contributed by atoms with Crippen LogP contribution < -0.4 is 10.2 Å². The van der Waals surface area contributed by atoms with Crippen LogP contribution in [0.3, 0.4) is 0 Å². The molecule has 0 aliphatic carbocycles. The minimum Gasteiger partial charge on any atom is -0.354 e. The van der Waals surface area contributed by atoms with Crippen LogP contribution in [0.25, 0.3) is 11.3 Å². The molecule has 0 unspecified atom stereocenters. The van der Waals surface area contributed by atoms with Crippen molar-refractivity contribution in [3.63, 3.8) is 0 Å². The maximum atomic E-state index is 4.67. The number of pyridine rings is 1. The summed E-state index contributed by atoms with van der Waals surface area (Å²) >= 11 is 0. The Hall–Kier alpha value is -2.01. The third kappa shape index (κ3) is 2.77. The molecule has 0 spiro atoms. The summed E-state index contributed by atoms with van der Waals surface area (Å²) < 4.78 is 0. The zero-order valence-electron chi connectivity index (χ0n) is 11.7. The Balaban J connectivity index is 1.98. The first-order chi connectivity index (χ1) is 9.86. The van der Waals surface area contributed by atoms with Crippen LogP contribution >= 0.6 is 0 Å². The lowest BCUT2D eigenvalue weighted by atomic mass is 10.2. The van der Waals surface area contributed by atoms with Crippen LogP contribution in [-0.4, -0.2) is 41.1 Å². The topological polar surface area (TPSA) is 53.9 Å². The Morgan fingerprint density at radius 1 is 1.15 bits per heavy atom. The Kier molecular flexibility index (Phi) is 3.87. The lowest BCUT2D eigenvalue weighted by Crippen LogP contribution is -2.44. The van der Waals surface area contributed by atoms with E-state index in [1.54, 1.807) is 12.4 Å². The van der Waals surface area contributed by atoms with E-state index in [-0.39, 0.29) is 0 Å². The second-order valence-corrected chi connectivity index (χ2v) is 4.85. The van der Waals surface area contributed by atoms with E-state index >= 15 is 0 Å². The van der Waals surface area contributed by atoms with Crippen LogP contribution in [0.2, 0.25) is 0 Å². The average Bonchev–Trinajstić information content (AvgIpc) is 2.56. The van der Waals surface area contributed by atoms with Gasteiger partial charge in [0.2, 0.25) is 0 Å². The molecule has 1 fully saturated rings. The van der Waals surface area contributed by atoms with Gasteiger partial charge in [-0.1, -0.05) is 6.92 Å². The normalized spacial score (nSPS) is 15.3. The third-order valence-corrected chi connectivity index (χ3v) is 3.49. The van der Waals surface area contributed by atoms with E-state index in [2.05, 4.69) is 38.2 Å². The monoisotopic (exact) mass is 269 g/mol. The Labute approximate surface area is 119 Å². The molecule has 3 rings (SSSR count). The number of hydrogen-bond donors (Lipinski definition) is 1. The SMILES string of the molecule is CCc1nc(-c2ccncc2)cc(N2CCNCC2)n1. The highest BCUT2D eigenvalue weighted by Crippen LogP contribution is 2.21. The van der Waals surface area contributed by atoms with E-state index in [4.69, 9.17) is 0 Å². The van der Waals surface area contributed by atoms with Gasteiger partial charge in [-0.2, -0.15) is 0 Å². The molecule has 1 N–H and O–H groups in total. The molecule has 2 aromatic rings. The Morgan fingerprint density at radius 3 is 2.60 bits per heavy atom. The number of aromatic nitrogens is 3. The van der Waals surface area contributed by atoms with Crippen LogP contribution in [0.15, 0.2) is 30.6 Å². The number of nitrogens with one attached hydrogen (secondary N) is 1. The van der Waals surface area contributed by atoms with Gasteiger partial charge in [-0.25, -0.2) is 9.97 Å².